The molecule has 0 saturated carbocycles. The summed E-state index contributed by atoms with van der Waals surface area (Å²) >= 11 is 1.73. The van der Waals surface area contributed by atoms with Crippen molar-refractivity contribution in [2.24, 2.45) is 4.99 Å². The van der Waals surface area contributed by atoms with E-state index in [9.17, 15) is 5.11 Å². The second-order valence-electron chi connectivity index (χ2n) is 6.42. The first kappa shape index (κ1) is 21.4. The molecule has 1 heterocycles. The maximum atomic E-state index is 9.74. The minimum absolute atomic E-state index is 0.0419. The Morgan fingerprint density at radius 1 is 1.07 bits per heavy atom. The number of aliphatic hydroxyl groups is 1. The number of hydrogen-bond donors (Lipinski definition) is 3. The third kappa shape index (κ3) is 6.34. The SMILES string of the molecule is CCN(CC)C(CNC(=NC)NCC(CO)c1ccccc1)c1ccsc1. The fourth-order valence-corrected chi connectivity index (χ4v) is 3.94. The van der Waals surface area contributed by atoms with Crippen molar-refractivity contribution in [3.63, 3.8) is 0 Å². The number of benzene rings is 1. The highest BCUT2D eigenvalue weighted by Crippen LogP contribution is 2.22. The van der Waals surface area contributed by atoms with Gasteiger partial charge in [0.1, 0.15) is 0 Å². The lowest BCUT2D eigenvalue weighted by atomic mass is 10.0. The second-order valence-corrected chi connectivity index (χ2v) is 7.20. The molecule has 1 aromatic heterocycles. The first-order valence-electron chi connectivity index (χ1n) is 9.59. The number of rotatable bonds is 10. The predicted octanol–water partition coefficient (Wildman–Crippen LogP) is 3.07. The van der Waals surface area contributed by atoms with E-state index in [2.05, 4.69) is 51.2 Å². The molecular weight excluding hydrogens is 356 g/mol. The van der Waals surface area contributed by atoms with Gasteiger partial charge < -0.3 is 15.7 Å². The Bertz CT molecular complexity index is 656. The van der Waals surface area contributed by atoms with Gasteiger partial charge in [0.25, 0.3) is 0 Å². The van der Waals surface area contributed by atoms with Crippen molar-refractivity contribution in [1.29, 1.82) is 0 Å². The summed E-state index contributed by atoms with van der Waals surface area (Å²) in [6, 6.07) is 12.6. The van der Waals surface area contributed by atoms with E-state index in [0.717, 1.165) is 31.2 Å². The van der Waals surface area contributed by atoms with E-state index in [1.54, 1.807) is 18.4 Å². The molecular formula is C21H32N4OS. The molecule has 0 aliphatic rings. The van der Waals surface area contributed by atoms with Crippen LogP contribution < -0.4 is 10.6 Å². The van der Waals surface area contributed by atoms with Gasteiger partial charge in [0, 0.05) is 26.1 Å². The summed E-state index contributed by atoms with van der Waals surface area (Å²) in [5.74, 6) is 0.803. The third-order valence-corrected chi connectivity index (χ3v) is 5.58. The van der Waals surface area contributed by atoms with Crippen LogP contribution in [0.5, 0.6) is 0 Å². The Balaban J connectivity index is 1.95. The number of aliphatic imine (C=N–C) groups is 1. The summed E-state index contributed by atoms with van der Waals surface area (Å²) in [7, 11) is 1.78. The van der Waals surface area contributed by atoms with Crippen molar-refractivity contribution in [1.82, 2.24) is 15.5 Å². The van der Waals surface area contributed by atoms with Crippen LogP contribution in [0.2, 0.25) is 0 Å². The van der Waals surface area contributed by atoms with Gasteiger partial charge in [-0.25, -0.2) is 0 Å². The molecule has 148 valence electrons. The summed E-state index contributed by atoms with van der Waals surface area (Å²) in [5, 5.41) is 20.9. The van der Waals surface area contributed by atoms with Gasteiger partial charge in [-0.15, -0.1) is 0 Å². The number of guanidine groups is 1. The summed E-state index contributed by atoms with van der Waals surface area (Å²) in [6.45, 7) is 7.92. The number of aliphatic hydroxyl groups excluding tert-OH is 1. The maximum Gasteiger partial charge on any atom is 0.191 e. The molecule has 2 unspecified atom stereocenters. The van der Waals surface area contributed by atoms with Gasteiger partial charge >= 0.3 is 0 Å². The average molecular weight is 389 g/mol. The van der Waals surface area contributed by atoms with Crippen molar-refractivity contribution in [2.75, 3.05) is 39.8 Å². The highest BCUT2D eigenvalue weighted by Gasteiger charge is 2.19. The molecule has 0 bridgehead atoms. The van der Waals surface area contributed by atoms with Crippen LogP contribution in [0, 0.1) is 0 Å². The molecule has 27 heavy (non-hydrogen) atoms. The van der Waals surface area contributed by atoms with Gasteiger partial charge in [-0.1, -0.05) is 44.2 Å². The Kier molecular flexibility index (Phi) is 9.31. The smallest absolute Gasteiger partial charge is 0.191 e. The van der Waals surface area contributed by atoms with Crippen molar-refractivity contribution < 1.29 is 5.11 Å². The Labute approximate surface area is 167 Å². The zero-order valence-electron chi connectivity index (χ0n) is 16.6. The van der Waals surface area contributed by atoms with Gasteiger partial charge in [-0.3, -0.25) is 9.89 Å². The van der Waals surface area contributed by atoms with Crippen molar-refractivity contribution >= 4 is 17.3 Å². The van der Waals surface area contributed by atoms with Crippen LogP contribution in [0.3, 0.4) is 0 Å². The fourth-order valence-electron chi connectivity index (χ4n) is 3.23. The minimum atomic E-state index is 0.0419. The van der Waals surface area contributed by atoms with Gasteiger partial charge in [0.2, 0.25) is 0 Å². The Morgan fingerprint density at radius 2 is 1.78 bits per heavy atom. The average Bonchev–Trinajstić information content (AvgIpc) is 3.25. The van der Waals surface area contributed by atoms with E-state index in [1.165, 1.54) is 5.56 Å². The maximum absolute atomic E-state index is 9.74. The molecule has 1 aromatic carbocycles. The minimum Gasteiger partial charge on any atom is -0.396 e. The van der Waals surface area contributed by atoms with E-state index in [-0.39, 0.29) is 12.5 Å². The molecule has 0 aliphatic carbocycles. The van der Waals surface area contributed by atoms with Crippen LogP contribution in [0.15, 0.2) is 52.2 Å². The van der Waals surface area contributed by atoms with Crippen molar-refractivity contribution in [3.8, 4) is 0 Å². The first-order valence-corrected chi connectivity index (χ1v) is 10.5. The number of hydrogen-bond acceptors (Lipinski definition) is 4. The van der Waals surface area contributed by atoms with Crippen LogP contribution in [0.1, 0.15) is 36.9 Å². The molecule has 6 heteroatoms. The number of likely N-dealkylation sites (N-methyl/N-ethyl adjacent to an activating group) is 1. The summed E-state index contributed by atoms with van der Waals surface area (Å²) in [4.78, 5) is 6.80. The summed E-state index contributed by atoms with van der Waals surface area (Å²) in [6.07, 6.45) is 0. The number of thiophene rings is 1. The van der Waals surface area contributed by atoms with Gasteiger partial charge in [0.05, 0.1) is 12.6 Å². The highest BCUT2D eigenvalue weighted by atomic mass is 32.1. The molecule has 0 amide bonds. The largest absolute Gasteiger partial charge is 0.396 e. The van der Waals surface area contributed by atoms with Crippen molar-refractivity contribution in [2.45, 2.75) is 25.8 Å². The van der Waals surface area contributed by atoms with E-state index < -0.39 is 0 Å². The number of nitrogens with one attached hydrogen (secondary N) is 2. The van der Waals surface area contributed by atoms with Crippen LogP contribution in [-0.2, 0) is 0 Å². The van der Waals surface area contributed by atoms with Gasteiger partial charge in [0.15, 0.2) is 5.96 Å². The third-order valence-electron chi connectivity index (χ3n) is 4.87. The molecule has 0 saturated heterocycles. The van der Waals surface area contributed by atoms with E-state index >= 15 is 0 Å². The quantitative estimate of drug-likeness (QED) is 0.432. The second kappa shape index (κ2) is 11.7. The van der Waals surface area contributed by atoms with Gasteiger partial charge in [-0.05, 0) is 41.0 Å². The summed E-state index contributed by atoms with van der Waals surface area (Å²) < 4.78 is 0. The molecule has 2 aromatic rings. The molecule has 0 fully saturated rings. The standard InChI is InChI=1S/C21H32N4OS/c1-4-25(5-2)20(18-11-12-27-16-18)14-24-21(22-3)23-13-19(15-26)17-9-7-6-8-10-17/h6-12,16,19-20,26H,4-5,13-15H2,1-3H3,(H2,22,23,24). The zero-order valence-corrected chi connectivity index (χ0v) is 17.4. The normalized spacial score (nSPS) is 14.2. The van der Waals surface area contributed by atoms with E-state index in [0.29, 0.717) is 12.6 Å². The topological polar surface area (TPSA) is 59.9 Å². The molecule has 2 rings (SSSR count). The first-order chi connectivity index (χ1) is 13.2. The van der Waals surface area contributed by atoms with Gasteiger partial charge in [-0.2, -0.15) is 11.3 Å². The van der Waals surface area contributed by atoms with Crippen LogP contribution in [0.4, 0.5) is 0 Å². The van der Waals surface area contributed by atoms with Crippen LogP contribution >= 0.6 is 11.3 Å². The molecule has 0 aliphatic heterocycles. The zero-order chi connectivity index (χ0) is 19.5. The lowest BCUT2D eigenvalue weighted by molar-refractivity contribution is 0.219. The lowest BCUT2D eigenvalue weighted by Gasteiger charge is -2.30. The number of nitrogens with zero attached hydrogens (tertiary/aromatic N) is 2. The molecule has 3 N–H and O–H groups in total. The lowest BCUT2D eigenvalue weighted by Crippen LogP contribution is -2.44. The van der Waals surface area contributed by atoms with Crippen molar-refractivity contribution in [3.05, 3.63) is 58.3 Å². The molecule has 0 spiro atoms. The highest BCUT2D eigenvalue weighted by molar-refractivity contribution is 7.07. The molecule has 5 nitrogen and oxygen atoms in total. The van der Waals surface area contributed by atoms with E-state index in [1.807, 2.05) is 30.3 Å². The van der Waals surface area contributed by atoms with Crippen LogP contribution in [0.25, 0.3) is 0 Å². The summed E-state index contributed by atoms with van der Waals surface area (Å²) in [5.41, 5.74) is 2.46. The fraction of sp³-hybridized carbons (Fsp3) is 0.476. The van der Waals surface area contributed by atoms with Crippen LogP contribution in [-0.4, -0.2) is 55.8 Å². The predicted molar refractivity (Wildman–Crippen MR) is 116 cm³/mol. The molecule has 0 radical (unpaired) electrons. The Hall–Kier alpha value is -1.89. The van der Waals surface area contributed by atoms with E-state index in [4.69, 9.17) is 0 Å². The monoisotopic (exact) mass is 388 g/mol. The Morgan fingerprint density at radius 3 is 2.33 bits per heavy atom. The molecule has 2 atom stereocenters.